The van der Waals surface area contributed by atoms with Crippen LogP contribution in [0.25, 0.3) is 0 Å². The van der Waals surface area contributed by atoms with E-state index in [9.17, 15) is 53.1 Å². The van der Waals surface area contributed by atoms with Gasteiger partial charge in [-0.1, -0.05) is 17.7 Å². The van der Waals surface area contributed by atoms with Gasteiger partial charge in [0.25, 0.3) is 0 Å². The number of hydrogen-bond donors (Lipinski definition) is 7. The number of hydrogen-bond acceptors (Lipinski definition) is 10. The Bertz CT molecular complexity index is 1550. The molecule has 2 aromatic carbocycles. The van der Waals surface area contributed by atoms with Crippen LogP contribution in [0.15, 0.2) is 18.2 Å². The zero-order valence-corrected chi connectivity index (χ0v) is 23.3. The second-order valence-electron chi connectivity index (χ2n) is 9.78. The van der Waals surface area contributed by atoms with E-state index in [0.717, 1.165) is 6.07 Å². The lowest BCUT2D eigenvalue weighted by Crippen LogP contribution is -2.60. The van der Waals surface area contributed by atoms with Crippen LogP contribution in [-0.4, -0.2) is 99.1 Å². The van der Waals surface area contributed by atoms with Crippen LogP contribution in [-0.2, 0) is 20.8 Å². The third-order valence-electron chi connectivity index (χ3n) is 6.97. The number of aromatic hydroxyl groups is 2. The summed E-state index contributed by atoms with van der Waals surface area (Å²) in [5.41, 5.74) is 4.09. The topological polar surface area (TPSA) is 232 Å². The smallest absolute Gasteiger partial charge is 0.534 e. The van der Waals surface area contributed by atoms with Gasteiger partial charge in [-0.05, 0) is 37.1 Å². The molecule has 8 N–H and O–H groups in total. The summed E-state index contributed by atoms with van der Waals surface area (Å²) in [4.78, 5) is 65.1. The summed E-state index contributed by atoms with van der Waals surface area (Å²) in [6.07, 6.45) is 0.0970. The van der Waals surface area contributed by atoms with Gasteiger partial charge in [-0.15, -0.1) is 0 Å². The van der Waals surface area contributed by atoms with Crippen LogP contribution >= 0.6 is 11.6 Å². The summed E-state index contributed by atoms with van der Waals surface area (Å²) in [6.45, 7) is 0.0826. The number of carbonyl (C=O) groups excluding carboxylic acids is 4. The van der Waals surface area contributed by atoms with E-state index in [-0.39, 0.29) is 38.2 Å². The van der Waals surface area contributed by atoms with E-state index in [1.807, 2.05) is 0 Å². The average molecular weight is 640 g/mol. The first-order chi connectivity index (χ1) is 20.8. The van der Waals surface area contributed by atoms with E-state index in [0.29, 0.717) is 17.4 Å². The number of rotatable bonds is 8. The number of carboxylic acids is 1. The van der Waals surface area contributed by atoms with Crippen LogP contribution in [0.4, 0.5) is 13.6 Å². The van der Waals surface area contributed by atoms with E-state index in [4.69, 9.17) is 22.0 Å². The Kier molecular flexibility index (Phi) is 9.46. The molecule has 1 saturated heterocycles. The van der Waals surface area contributed by atoms with Crippen molar-refractivity contribution in [2.45, 2.75) is 24.8 Å². The first-order valence-corrected chi connectivity index (χ1v) is 13.3. The van der Waals surface area contributed by atoms with Gasteiger partial charge < -0.3 is 46.3 Å². The molecule has 2 atom stereocenters. The van der Waals surface area contributed by atoms with E-state index in [1.54, 1.807) is 0 Å². The molecule has 4 rings (SSSR count). The van der Waals surface area contributed by atoms with Gasteiger partial charge in [0.1, 0.15) is 23.2 Å². The highest BCUT2D eigenvalue weighted by Gasteiger charge is 2.42. The normalized spacial score (nSPS) is 17.1. The second kappa shape index (κ2) is 12.9. The highest BCUT2D eigenvalue weighted by molar-refractivity contribution is 6.47. The van der Waals surface area contributed by atoms with Gasteiger partial charge in [0.15, 0.2) is 17.3 Å². The summed E-state index contributed by atoms with van der Waals surface area (Å²) in [5, 5.41) is 43.4. The van der Waals surface area contributed by atoms with Crippen molar-refractivity contribution < 1.29 is 57.8 Å². The molecule has 2 aliphatic heterocycles. The van der Waals surface area contributed by atoms with Gasteiger partial charge in [-0.2, -0.15) is 0 Å². The van der Waals surface area contributed by atoms with Crippen molar-refractivity contribution in [1.82, 2.24) is 20.4 Å². The molecule has 2 unspecified atom stereocenters. The summed E-state index contributed by atoms with van der Waals surface area (Å²) >= 11 is 6.07. The predicted octanol–water partition coefficient (Wildman–Crippen LogP) is -0.362. The molecule has 0 aromatic heterocycles. The van der Waals surface area contributed by atoms with Crippen molar-refractivity contribution in [2.75, 3.05) is 26.2 Å². The lowest BCUT2D eigenvalue weighted by molar-refractivity contribution is -0.153. The van der Waals surface area contributed by atoms with Gasteiger partial charge in [0, 0.05) is 25.2 Å². The number of phenolic OH excluding ortho intramolecular Hbond substituents is 2. The van der Waals surface area contributed by atoms with Crippen LogP contribution in [0.1, 0.15) is 33.9 Å². The Balaban J connectivity index is 1.62. The molecule has 2 aliphatic rings. The fourth-order valence-corrected chi connectivity index (χ4v) is 4.96. The van der Waals surface area contributed by atoms with Gasteiger partial charge >= 0.3 is 30.9 Å². The number of nitrogens with two attached hydrogens (primary N) is 1. The lowest BCUT2D eigenvalue weighted by Gasteiger charge is -2.34. The van der Waals surface area contributed by atoms with Crippen molar-refractivity contribution in [1.29, 1.82) is 0 Å². The summed E-state index contributed by atoms with van der Waals surface area (Å²) in [7, 11) is -1.94. The molecule has 5 amide bonds. The number of amides is 5. The zero-order valence-electron chi connectivity index (χ0n) is 22.6. The Labute approximate surface area is 252 Å². The number of nitrogens with zero attached hydrogens (tertiary/aromatic N) is 2. The quantitative estimate of drug-likeness (QED) is 0.112. The number of fused-ring (bicyclic) bond motifs is 1. The summed E-state index contributed by atoms with van der Waals surface area (Å²) in [6, 6.07) is -0.739. The Morgan fingerprint density at radius 2 is 1.84 bits per heavy atom. The van der Waals surface area contributed by atoms with Crippen molar-refractivity contribution in [3.05, 3.63) is 51.5 Å². The van der Waals surface area contributed by atoms with Crippen LogP contribution < -0.4 is 21.0 Å². The summed E-state index contributed by atoms with van der Waals surface area (Å²) in [5.74, 6) is -11.9. The fourth-order valence-electron chi connectivity index (χ4n) is 4.71. The van der Waals surface area contributed by atoms with Crippen molar-refractivity contribution in [3.8, 4) is 17.2 Å². The number of halogens is 3. The first kappa shape index (κ1) is 32.2. The number of urea groups is 1. The Morgan fingerprint density at radius 1 is 1.14 bits per heavy atom. The van der Waals surface area contributed by atoms with Crippen LogP contribution in [0.3, 0.4) is 0 Å². The van der Waals surface area contributed by atoms with Crippen molar-refractivity contribution in [3.63, 3.8) is 0 Å². The molecular weight excluding hydrogens is 615 g/mol. The average Bonchev–Trinajstić information content (AvgIpc) is 2.97. The molecule has 2 aromatic rings. The van der Waals surface area contributed by atoms with Crippen LogP contribution in [0, 0.1) is 11.6 Å². The van der Waals surface area contributed by atoms with E-state index in [1.165, 1.54) is 11.0 Å². The minimum atomic E-state index is -2.01. The Hall–Kier alpha value is -4.68. The minimum absolute atomic E-state index is 0.0474. The van der Waals surface area contributed by atoms with Gasteiger partial charge in [0.05, 0.1) is 11.0 Å². The lowest BCUT2D eigenvalue weighted by atomic mass is 9.72. The molecule has 19 heteroatoms. The molecular formula is C25H25BClF2N5O10. The largest absolute Gasteiger partial charge is 0.547 e. The molecule has 0 radical (unpaired) electrons. The molecule has 15 nitrogen and oxygen atoms in total. The van der Waals surface area contributed by atoms with E-state index < -0.39 is 93.9 Å². The number of nitrogens with one attached hydrogen (secondary N) is 2. The number of carboxylic acid groups (broad SMARTS) is 1. The number of carbonyl (C=O) groups is 5. The highest BCUT2D eigenvalue weighted by atomic mass is 35.5. The number of imide groups is 1. The van der Waals surface area contributed by atoms with Gasteiger partial charge in [-0.25, -0.2) is 18.4 Å². The molecule has 44 heavy (non-hydrogen) atoms. The molecule has 0 spiro atoms. The standard InChI is InChI=1S/C25H25BClF2N5O10/c27-16-11(9-13(29)18(35)19(16)36)17(32-25(42)34-7-6-33(5-1-4-30)22(38)23(34)39)21(37)31-14-8-10-2-3-12(28)15(24(40)41)20(10)44-26(14)43/h2-3,9,14,17,35-36,43H,1,4-8,30H2,(H,31,37)(H,32,42)(H,40,41). The molecule has 234 valence electrons. The number of piperazine rings is 1. The molecule has 0 saturated carbocycles. The van der Waals surface area contributed by atoms with Crippen LogP contribution in [0.5, 0.6) is 17.2 Å². The number of benzene rings is 2. The maximum absolute atomic E-state index is 14.4. The monoisotopic (exact) mass is 639 g/mol. The first-order valence-electron chi connectivity index (χ1n) is 13.0. The number of aromatic carboxylic acids is 1. The maximum Gasteiger partial charge on any atom is 0.547 e. The highest BCUT2D eigenvalue weighted by Crippen LogP contribution is 2.40. The third kappa shape index (κ3) is 6.17. The maximum atomic E-state index is 14.4. The molecule has 0 aliphatic carbocycles. The minimum Gasteiger partial charge on any atom is -0.534 e. The fraction of sp³-hybridized carbons (Fsp3) is 0.320. The van der Waals surface area contributed by atoms with E-state index >= 15 is 0 Å². The summed E-state index contributed by atoms with van der Waals surface area (Å²) < 4.78 is 33.7. The van der Waals surface area contributed by atoms with E-state index in [2.05, 4.69) is 10.6 Å². The molecule has 2 heterocycles. The van der Waals surface area contributed by atoms with Gasteiger partial charge in [-0.3, -0.25) is 19.3 Å². The second-order valence-corrected chi connectivity index (χ2v) is 10.2. The van der Waals surface area contributed by atoms with Gasteiger partial charge in [0.2, 0.25) is 5.91 Å². The SMILES string of the molecule is NCCCN1CCN(C(=O)NC(C(=O)NC2Cc3ccc(F)c(C(=O)O)c3OB2O)c2cc(F)c(O)c(O)c2Cl)C(=O)C1=O. The van der Waals surface area contributed by atoms with Crippen molar-refractivity contribution >= 4 is 48.4 Å². The zero-order chi connectivity index (χ0) is 32.5. The number of phenols is 2. The Morgan fingerprint density at radius 3 is 2.50 bits per heavy atom. The van der Waals surface area contributed by atoms with Crippen LogP contribution in [0.2, 0.25) is 5.02 Å². The third-order valence-corrected chi connectivity index (χ3v) is 7.37. The molecule has 1 fully saturated rings. The molecule has 0 bridgehead atoms. The van der Waals surface area contributed by atoms with Crippen molar-refractivity contribution in [2.24, 2.45) is 5.73 Å². The predicted molar refractivity (Wildman–Crippen MR) is 146 cm³/mol.